The smallest absolute Gasteiger partial charge is 0.329 e. The van der Waals surface area contributed by atoms with E-state index in [1.165, 1.54) is 7.11 Å². The number of hydrogen-bond donors (Lipinski definition) is 1. The van der Waals surface area contributed by atoms with Gasteiger partial charge in [-0.3, -0.25) is 4.79 Å². The summed E-state index contributed by atoms with van der Waals surface area (Å²) in [5.41, 5.74) is 2.23. The molecule has 1 aliphatic rings. The van der Waals surface area contributed by atoms with Gasteiger partial charge in [0.05, 0.1) is 19.4 Å². The third kappa shape index (κ3) is 5.23. The van der Waals surface area contributed by atoms with Crippen LogP contribution in [0.15, 0.2) is 59.0 Å². The second-order valence-electron chi connectivity index (χ2n) is 7.76. The Kier molecular flexibility index (Phi) is 7.04. The molecular formula is C25H27N3O5. The zero-order valence-corrected chi connectivity index (χ0v) is 18.7. The van der Waals surface area contributed by atoms with Gasteiger partial charge in [-0.2, -0.15) is 0 Å². The number of carbonyl (C=O) groups excluding carboxylic acids is 2. The number of aryl methyl sites for hydroxylation is 1. The normalized spacial score (nSPS) is 15.8. The minimum Gasteiger partial charge on any atom is -0.493 e. The lowest BCUT2D eigenvalue weighted by Gasteiger charge is -2.34. The molecule has 1 aliphatic heterocycles. The molecular weight excluding hydrogens is 422 g/mol. The zero-order valence-electron chi connectivity index (χ0n) is 18.7. The first-order valence-electron chi connectivity index (χ1n) is 10.9. The number of nitrogens with one attached hydrogen (secondary N) is 1. The van der Waals surface area contributed by atoms with Crippen LogP contribution in [0.4, 0.5) is 0 Å². The van der Waals surface area contributed by atoms with Crippen molar-refractivity contribution in [2.24, 2.45) is 0 Å². The Labute approximate surface area is 192 Å². The number of esters is 1. The fourth-order valence-corrected chi connectivity index (χ4v) is 3.81. The van der Waals surface area contributed by atoms with Gasteiger partial charge in [0.25, 0.3) is 5.91 Å². The van der Waals surface area contributed by atoms with E-state index in [1.807, 2.05) is 37.3 Å². The number of aromatic nitrogens is 1. The molecule has 3 aromatic rings. The van der Waals surface area contributed by atoms with Gasteiger partial charge in [-0.25, -0.2) is 9.78 Å². The summed E-state index contributed by atoms with van der Waals surface area (Å²) < 4.78 is 16.6. The molecule has 1 N–H and O–H groups in total. The molecule has 1 fully saturated rings. The minimum atomic E-state index is -0.644. The number of methoxy groups -OCH3 is 1. The largest absolute Gasteiger partial charge is 0.493 e. The van der Waals surface area contributed by atoms with E-state index in [1.54, 1.807) is 29.2 Å². The second kappa shape index (κ2) is 10.3. The number of benzene rings is 2. The summed E-state index contributed by atoms with van der Waals surface area (Å²) in [6.45, 7) is 3.70. The summed E-state index contributed by atoms with van der Waals surface area (Å²) in [4.78, 5) is 31.3. The van der Waals surface area contributed by atoms with Gasteiger partial charge in [0, 0.05) is 37.2 Å². The van der Waals surface area contributed by atoms with E-state index in [2.05, 4.69) is 10.3 Å². The maximum Gasteiger partial charge on any atom is 0.329 e. The fourth-order valence-electron chi connectivity index (χ4n) is 3.81. The van der Waals surface area contributed by atoms with Crippen LogP contribution in [0.2, 0.25) is 0 Å². The first-order chi connectivity index (χ1) is 16.1. The fraction of sp³-hybridized carbons (Fsp3) is 0.320. The first kappa shape index (κ1) is 22.5. The van der Waals surface area contributed by atoms with Crippen molar-refractivity contribution in [1.82, 2.24) is 15.2 Å². The van der Waals surface area contributed by atoms with Crippen LogP contribution in [0.1, 0.15) is 21.8 Å². The Bertz CT molecular complexity index is 1110. The number of nitrogens with zero attached hydrogens (tertiary/aromatic N) is 2. The molecule has 8 nitrogen and oxygen atoms in total. The van der Waals surface area contributed by atoms with Gasteiger partial charge in [-0.05, 0) is 37.3 Å². The molecule has 1 unspecified atom stereocenters. The molecule has 1 saturated heterocycles. The van der Waals surface area contributed by atoms with E-state index in [0.717, 1.165) is 17.0 Å². The van der Waals surface area contributed by atoms with Crippen molar-refractivity contribution in [3.63, 3.8) is 0 Å². The van der Waals surface area contributed by atoms with E-state index in [0.29, 0.717) is 49.9 Å². The summed E-state index contributed by atoms with van der Waals surface area (Å²) >= 11 is 0. The van der Waals surface area contributed by atoms with Crippen molar-refractivity contribution in [2.75, 3.05) is 33.4 Å². The first-order valence-corrected chi connectivity index (χ1v) is 10.9. The van der Waals surface area contributed by atoms with Gasteiger partial charge in [0.2, 0.25) is 5.89 Å². The number of ether oxygens (including phenoxy) is 2. The number of amides is 1. The Morgan fingerprint density at radius 3 is 2.79 bits per heavy atom. The van der Waals surface area contributed by atoms with Gasteiger partial charge in [0.1, 0.15) is 17.6 Å². The molecule has 0 radical (unpaired) electrons. The number of rotatable bonds is 7. The van der Waals surface area contributed by atoms with Crippen LogP contribution in [0.5, 0.6) is 5.75 Å². The summed E-state index contributed by atoms with van der Waals surface area (Å²) in [6, 6.07) is 16.1. The summed E-state index contributed by atoms with van der Waals surface area (Å²) in [5, 5.41) is 3.12. The van der Waals surface area contributed by atoms with E-state index in [-0.39, 0.29) is 5.91 Å². The standard InChI is InChI=1S/C25H27N3O5/c1-17-21(27-23(33-17)18-7-4-3-5-8-18)11-14-32-20-10-6-9-19(15-20)24(29)28-13-12-26-16-22(28)25(30)31-2/h3-10,15,22,26H,11-14,16H2,1-2H3. The molecule has 1 atom stereocenters. The molecule has 8 heteroatoms. The van der Waals surface area contributed by atoms with Crippen molar-refractivity contribution in [3.8, 4) is 17.2 Å². The average Bonchev–Trinajstić information content (AvgIpc) is 3.24. The number of hydrogen-bond acceptors (Lipinski definition) is 7. The number of carbonyl (C=O) groups is 2. The van der Waals surface area contributed by atoms with Crippen LogP contribution in [0.25, 0.3) is 11.5 Å². The van der Waals surface area contributed by atoms with Gasteiger partial charge < -0.3 is 24.1 Å². The molecule has 1 aromatic heterocycles. The van der Waals surface area contributed by atoms with Gasteiger partial charge in [-0.1, -0.05) is 24.3 Å². The summed E-state index contributed by atoms with van der Waals surface area (Å²) in [5.74, 6) is 1.27. The molecule has 0 bridgehead atoms. The van der Waals surface area contributed by atoms with Crippen molar-refractivity contribution in [1.29, 1.82) is 0 Å². The Morgan fingerprint density at radius 1 is 1.18 bits per heavy atom. The number of oxazole rings is 1. The van der Waals surface area contributed by atoms with Crippen LogP contribution >= 0.6 is 0 Å². The molecule has 0 aliphatic carbocycles. The predicted octanol–water partition coefficient (Wildman–Crippen LogP) is 2.86. The SMILES string of the molecule is COC(=O)C1CNCCN1C(=O)c1cccc(OCCc2nc(-c3ccccc3)oc2C)c1. The molecule has 0 spiro atoms. The average molecular weight is 450 g/mol. The Balaban J connectivity index is 1.39. The molecule has 1 amide bonds. The van der Waals surface area contributed by atoms with Crippen molar-refractivity contribution in [2.45, 2.75) is 19.4 Å². The lowest BCUT2D eigenvalue weighted by Crippen LogP contribution is -2.57. The van der Waals surface area contributed by atoms with E-state index < -0.39 is 12.0 Å². The minimum absolute atomic E-state index is 0.225. The van der Waals surface area contributed by atoms with Gasteiger partial charge in [-0.15, -0.1) is 0 Å². The summed E-state index contributed by atoms with van der Waals surface area (Å²) in [7, 11) is 1.33. The van der Waals surface area contributed by atoms with E-state index in [9.17, 15) is 9.59 Å². The van der Waals surface area contributed by atoms with Crippen molar-refractivity contribution in [3.05, 3.63) is 71.6 Å². The Morgan fingerprint density at radius 2 is 2.00 bits per heavy atom. The molecule has 0 saturated carbocycles. The third-order valence-corrected chi connectivity index (χ3v) is 5.58. The van der Waals surface area contributed by atoms with Crippen LogP contribution in [0.3, 0.4) is 0 Å². The topological polar surface area (TPSA) is 93.9 Å². The zero-order chi connectivity index (χ0) is 23.2. The van der Waals surface area contributed by atoms with Crippen molar-refractivity contribution < 1.29 is 23.5 Å². The van der Waals surface area contributed by atoms with Gasteiger partial charge in [0.15, 0.2) is 0 Å². The van der Waals surface area contributed by atoms with Crippen LogP contribution < -0.4 is 10.1 Å². The maximum atomic E-state index is 13.1. The molecule has 33 heavy (non-hydrogen) atoms. The lowest BCUT2D eigenvalue weighted by atomic mass is 10.1. The monoisotopic (exact) mass is 449 g/mol. The highest BCUT2D eigenvalue weighted by Crippen LogP contribution is 2.22. The van der Waals surface area contributed by atoms with Crippen LogP contribution in [-0.2, 0) is 16.0 Å². The lowest BCUT2D eigenvalue weighted by molar-refractivity contribution is -0.146. The van der Waals surface area contributed by atoms with Crippen LogP contribution in [0, 0.1) is 6.92 Å². The highest BCUT2D eigenvalue weighted by Gasteiger charge is 2.33. The molecule has 4 rings (SSSR count). The molecule has 2 heterocycles. The van der Waals surface area contributed by atoms with E-state index in [4.69, 9.17) is 13.9 Å². The molecule has 172 valence electrons. The Hall–Kier alpha value is -3.65. The maximum absolute atomic E-state index is 13.1. The van der Waals surface area contributed by atoms with E-state index >= 15 is 0 Å². The quantitative estimate of drug-likeness (QED) is 0.555. The predicted molar refractivity (Wildman–Crippen MR) is 122 cm³/mol. The number of piperazine rings is 1. The van der Waals surface area contributed by atoms with Crippen LogP contribution in [-0.4, -0.2) is 61.2 Å². The summed E-state index contributed by atoms with van der Waals surface area (Å²) in [6.07, 6.45) is 0.572. The molecule has 2 aromatic carbocycles. The van der Waals surface area contributed by atoms with Gasteiger partial charge >= 0.3 is 5.97 Å². The highest BCUT2D eigenvalue weighted by atomic mass is 16.5. The van der Waals surface area contributed by atoms with Crippen molar-refractivity contribution >= 4 is 11.9 Å². The highest BCUT2D eigenvalue weighted by molar-refractivity contribution is 5.97. The third-order valence-electron chi connectivity index (χ3n) is 5.58. The second-order valence-corrected chi connectivity index (χ2v) is 7.76.